The number of nitrogens with zero attached hydrogens (tertiary/aromatic N) is 1. The summed E-state index contributed by atoms with van der Waals surface area (Å²) in [5.74, 6) is 0. The van der Waals surface area contributed by atoms with E-state index in [1.807, 2.05) is 0 Å². The van der Waals surface area contributed by atoms with E-state index in [0.717, 1.165) is 13.1 Å². The summed E-state index contributed by atoms with van der Waals surface area (Å²) in [4.78, 5) is 0. The van der Waals surface area contributed by atoms with E-state index >= 15 is 0 Å². The summed E-state index contributed by atoms with van der Waals surface area (Å²) >= 11 is 0. The molecule has 0 aliphatic rings. The van der Waals surface area contributed by atoms with Crippen molar-refractivity contribution in [1.82, 2.24) is 9.88 Å². The van der Waals surface area contributed by atoms with Gasteiger partial charge in [0.15, 0.2) is 0 Å². The third-order valence-corrected chi connectivity index (χ3v) is 4.17. The monoisotopic (exact) mass is 270 g/mol. The zero-order valence-corrected chi connectivity index (χ0v) is 13.3. The first-order valence-corrected chi connectivity index (χ1v) is 7.48. The maximum absolute atomic E-state index is 3.63. The number of hydrogen-bond donors (Lipinski definition) is 1. The summed E-state index contributed by atoms with van der Waals surface area (Å²) in [5, 5.41) is 3.63. The van der Waals surface area contributed by atoms with Crippen LogP contribution in [0.1, 0.15) is 48.0 Å². The van der Waals surface area contributed by atoms with Crippen molar-refractivity contribution in [3.63, 3.8) is 0 Å². The predicted molar refractivity (Wildman–Crippen MR) is 86.0 cm³/mol. The highest BCUT2D eigenvalue weighted by molar-refractivity contribution is 5.27. The van der Waals surface area contributed by atoms with E-state index in [4.69, 9.17) is 0 Å². The lowest BCUT2D eigenvalue weighted by atomic mass is 10.1. The van der Waals surface area contributed by atoms with Gasteiger partial charge in [-0.2, -0.15) is 0 Å². The van der Waals surface area contributed by atoms with Crippen LogP contribution in [0.2, 0.25) is 0 Å². The highest BCUT2D eigenvalue weighted by atomic mass is 15.0. The van der Waals surface area contributed by atoms with E-state index in [9.17, 15) is 0 Å². The molecule has 2 aromatic rings. The molecule has 0 spiro atoms. The van der Waals surface area contributed by atoms with Gasteiger partial charge in [0.05, 0.1) is 0 Å². The van der Waals surface area contributed by atoms with Crippen molar-refractivity contribution in [3.05, 3.63) is 58.4 Å². The van der Waals surface area contributed by atoms with Gasteiger partial charge in [0.1, 0.15) is 0 Å². The number of nitrogens with one attached hydrogen (secondary N) is 1. The highest BCUT2D eigenvalue weighted by Crippen LogP contribution is 2.17. The Kier molecular flexibility index (Phi) is 4.66. The quantitative estimate of drug-likeness (QED) is 0.858. The van der Waals surface area contributed by atoms with E-state index in [1.54, 1.807) is 0 Å². The van der Waals surface area contributed by atoms with Gasteiger partial charge < -0.3 is 9.88 Å². The molecule has 0 saturated carbocycles. The van der Waals surface area contributed by atoms with Crippen LogP contribution in [0.5, 0.6) is 0 Å². The lowest BCUT2D eigenvalue weighted by molar-refractivity contribution is 0.571. The fraction of sp³-hybridized carbons (Fsp3) is 0.444. The average Bonchev–Trinajstić information content (AvgIpc) is 2.71. The molecule has 1 N–H and O–H groups in total. The Balaban J connectivity index is 2.03. The van der Waals surface area contributed by atoms with E-state index in [0.29, 0.717) is 6.04 Å². The standard InChI is InChI=1S/C18H26N2/c1-6-20-14(3)11-18(16(20)5)12-19-15(4)17-9-7-13(2)8-10-17/h7-11,15,19H,6,12H2,1-5H3/t15-/m0/s1. The lowest BCUT2D eigenvalue weighted by Gasteiger charge is -2.15. The molecule has 2 rings (SSSR count). The second-order valence-corrected chi connectivity index (χ2v) is 5.65. The maximum Gasteiger partial charge on any atom is 0.0294 e. The van der Waals surface area contributed by atoms with Crippen LogP contribution in [0.3, 0.4) is 0 Å². The molecule has 2 heteroatoms. The molecule has 2 nitrogen and oxygen atoms in total. The van der Waals surface area contributed by atoms with E-state index in [-0.39, 0.29) is 0 Å². The summed E-state index contributed by atoms with van der Waals surface area (Å²) < 4.78 is 2.37. The van der Waals surface area contributed by atoms with Gasteiger partial charge in [0.2, 0.25) is 0 Å². The van der Waals surface area contributed by atoms with Gasteiger partial charge in [0, 0.05) is 30.5 Å². The van der Waals surface area contributed by atoms with Crippen molar-refractivity contribution in [3.8, 4) is 0 Å². The number of aromatic nitrogens is 1. The van der Waals surface area contributed by atoms with Crippen LogP contribution in [-0.4, -0.2) is 4.57 Å². The zero-order chi connectivity index (χ0) is 14.7. The molecule has 0 bridgehead atoms. The minimum atomic E-state index is 0.375. The minimum Gasteiger partial charge on any atom is -0.349 e. The van der Waals surface area contributed by atoms with Gasteiger partial charge in [0.25, 0.3) is 0 Å². The average molecular weight is 270 g/mol. The van der Waals surface area contributed by atoms with Crippen molar-refractivity contribution in [2.45, 2.75) is 53.8 Å². The molecular weight excluding hydrogens is 244 g/mol. The molecule has 108 valence electrons. The summed E-state index contributed by atoms with van der Waals surface area (Å²) in [6.45, 7) is 12.9. The highest BCUT2D eigenvalue weighted by Gasteiger charge is 2.09. The Hall–Kier alpha value is -1.54. The summed E-state index contributed by atoms with van der Waals surface area (Å²) in [6.07, 6.45) is 0. The van der Waals surface area contributed by atoms with Crippen LogP contribution in [-0.2, 0) is 13.1 Å². The Morgan fingerprint density at radius 3 is 2.30 bits per heavy atom. The molecule has 0 saturated heterocycles. The number of benzene rings is 1. The van der Waals surface area contributed by atoms with Gasteiger partial charge in [-0.1, -0.05) is 29.8 Å². The number of hydrogen-bond acceptors (Lipinski definition) is 1. The molecule has 1 heterocycles. The van der Waals surface area contributed by atoms with E-state index in [2.05, 4.69) is 74.8 Å². The fourth-order valence-electron chi connectivity index (χ4n) is 2.77. The van der Waals surface area contributed by atoms with Gasteiger partial charge in [-0.05, 0) is 51.8 Å². The lowest BCUT2D eigenvalue weighted by Crippen LogP contribution is -2.18. The number of aryl methyl sites for hydroxylation is 2. The van der Waals surface area contributed by atoms with Crippen LogP contribution in [0.15, 0.2) is 30.3 Å². The Bertz CT molecular complexity index is 564. The van der Waals surface area contributed by atoms with Crippen LogP contribution in [0.4, 0.5) is 0 Å². The SMILES string of the molecule is CCn1c(C)cc(CN[C@@H](C)c2ccc(C)cc2)c1C. The second-order valence-electron chi connectivity index (χ2n) is 5.65. The minimum absolute atomic E-state index is 0.375. The Morgan fingerprint density at radius 1 is 1.10 bits per heavy atom. The third-order valence-electron chi connectivity index (χ3n) is 4.17. The van der Waals surface area contributed by atoms with E-state index < -0.39 is 0 Å². The van der Waals surface area contributed by atoms with Crippen molar-refractivity contribution >= 4 is 0 Å². The molecular formula is C18H26N2. The van der Waals surface area contributed by atoms with Gasteiger partial charge >= 0.3 is 0 Å². The van der Waals surface area contributed by atoms with Crippen LogP contribution >= 0.6 is 0 Å². The molecule has 1 aromatic heterocycles. The molecule has 0 radical (unpaired) electrons. The Labute approximate surface area is 122 Å². The van der Waals surface area contributed by atoms with Crippen LogP contribution in [0, 0.1) is 20.8 Å². The maximum atomic E-state index is 3.63. The van der Waals surface area contributed by atoms with Crippen molar-refractivity contribution in [2.75, 3.05) is 0 Å². The van der Waals surface area contributed by atoms with Crippen LogP contribution < -0.4 is 5.32 Å². The largest absolute Gasteiger partial charge is 0.349 e. The topological polar surface area (TPSA) is 17.0 Å². The first-order chi connectivity index (χ1) is 9.52. The molecule has 1 atom stereocenters. The third kappa shape index (κ3) is 3.13. The predicted octanol–water partition coefficient (Wildman–Crippen LogP) is 4.28. The zero-order valence-electron chi connectivity index (χ0n) is 13.3. The first kappa shape index (κ1) is 14.9. The van der Waals surface area contributed by atoms with Gasteiger partial charge in [-0.25, -0.2) is 0 Å². The summed E-state index contributed by atoms with van der Waals surface area (Å²) in [7, 11) is 0. The molecule has 0 fully saturated rings. The molecule has 0 aliphatic heterocycles. The molecule has 0 aliphatic carbocycles. The number of rotatable bonds is 5. The second kappa shape index (κ2) is 6.27. The first-order valence-electron chi connectivity index (χ1n) is 7.48. The molecule has 20 heavy (non-hydrogen) atoms. The summed E-state index contributed by atoms with van der Waals surface area (Å²) in [5.41, 5.74) is 6.80. The smallest absolute Gasteiger partial charge is 0.0294 e. The fourth-order valence-corrected chi connectivity index (χ4v) is 2.77. The molecule has 1 aromatic carbocycles. The van der Waals surface area contributed by atoms with E-state index in [1.165, 1.54) is 28.1 Å². The Morgan fingerprint density at radius 2 is 1.75 bits per heavy atom. The van der Waals surface area contributed by atoms with Gasteiger partial charge in [-0.3, -0.25) is 0 Å². The summed E-state index contributed by atoms with van der Waals surface area (Å²) in [6, 6.07) is 11.4. The normalized spacial score (nSPS) is 12.7. The van der Waals surface area contributed by atoms with Crippen LogP contribution in [0.25, 0.3) is 0 Å². The van der Waals surface area contributed by atoms with Gasteiger partial charge in [-0.15, -0.1) is 0 Å². The molecule has 0 amide bonds. The van der Waals surface area contributed by atoms with Crippen molar-refractivity contribution < 1.29 is 0 Å². The molecule has 0 unspecified atom stereocenters. The van der Waals surface area contributed by atoms with Crippen molar-refractivity contribution in [1.29, 1.82) is 0 Å². The van der Waals surface area contributed by atoms with Crippen molar-refractivity contribution in [2.24, 2.45) is 0 Å².